The number of ketones is 1. The summed E-state index contributed by atoms with van der Waals surface area (Å²) < 4.78 is 1.70. The van der Waals surface area contributed by atoms with E-state index in [0.29, 0.717) is 12.1 Å². The van der Waals surface area contributed by atoms with Crippen molar-refractivity contribution in [1.29, 1.82) is 0 Å². The first kappa shape index (κ1) is 11.9. The fourth-order valence-corrected chi connectivity index (χ4v) is 1.51. The van der Waals surface area contributed by atoms with Crippen molar-refractivity contribution in [2.75, 3.05) is 0 Å². The summed E-state index contributed by atoms with van der Waals surface area (Å²) >= 11 is 0. The average molecular weight is 209 g/mol. The number of unbranched alkanes of at least 4 members (excludes halogenated alkanes) is 2. The molecule has 0 aromatic carbocycles. The van der Waals surface area contributed by atoms with Crippen molar-refractivity contribution in [3.05, 3.63) is 11.9 Å². The van der Waals surface area contributed by atoms with Crippen LogP contribution in [0.5, 0.6) is 0 Å². The zero-order valence-electron chi connectivity index (χ0n) is 9.57. The number of carbonyl (C=O) groups excluding carboxylic acids is 1. The van der Waals surface area contributed by atoms with Gasteiger partial charge in [0, 0.05) is 13.0 Å². The Balaban J connectivity index is 2.53. The van der Waals surface area contributed by atoms with E-state index in [1.807, 2.05) is 0 Å². The summed E-state index contributed by atoms with van der Waals surface area (Å²) in [6, 6.07) is 0. The zero-order chi connectivity index (χ0) is 11.1. The van der Waals surface area contributed by atoms with Gasteiger partial charge in [-0.3, -0.25) is 4.79 Å². The maximum absolute atomic E-state index is 11.8. The van der Waals surface area contributed by atoms with Crippen LogP contribution in [0.2, 0.25) is 0 Å². The quantitative estimate of drug-likeness (QED) is 0.512. The van der Waals surface area contributed by atoms with Crippen molar-refractivity contribution in [3.8, 4) is 0 Å². The van der Waals surface area contributed by atoms with Crippen molar-refractivity contribution in [3.63, 3.8) is 0 Å². The van der Waals surface area contributed by atoms with Gasteiger partial charge >= 0.3 is 0 Å². The van der Waals surface area contributed by atoms with Crippen molar-refractivity contribution < 1.29 is 4.79 Å². The lowest BCUT2D eigenvalue weighted by molar-refractivity contribution is 0.0968. The predicted molar refractivity (Wildman–Crippen MR) is 58.8 cm³/mol. The normalized spacial score (nSPS) is 10.5. The average Bonchev–Trinajstić information content (AvgIpc) is 2.67. The van der Waals surface area contributed by atoms with Crippen LogP contribution in [0.1, 0.15) is 56.4 Å². The van der Waals surface area contributed by atoms with Crippen LogP contribution in [0.4, 0.5) is 0 Å². The molecule has 84 valence electrons. The molecule has 0 aliphatic rings. The highest BCUT2D eigenvalue weighted by atomic mass is 16.1. The van der Waals surface area contributed by atoms with Crippen LogP contribution in [0.25, 0.3) is 0 Å². The number of Topliss-reactive ketones (excluding diaryl/α,β-unsaturated/α-hetero) is 1. The summed E-state index contributed by atoms with van der Waals surface area (Å²) in [6.07, 6.45) is 6.38. The van der Waals surface area contributed by atoms with Crippen LogP contribution in [0.15, 0.2) is 6.20 Å². The van der Waals surface area contributed by atoms with Crippen LogP contribution in [0.3, 0.4) is 0 Å². The Morgan fingerprint density at radius 1 is 1.33 bits per heavy atom. The lowest BCUT2D eigenvalue weighted by Gasteiger charge is -2.03. The smallest absolute Gasteiger partial charge is 0.182 e. The molecule has 0 unspecified atom stereocenters. The minimum Gasteiger partial charge on any atom is -0.292 e. The highest BCUT2D eigenvalue weighted by Gasteiger charge is 2.11. The van der Waals surface area contributed by atoms with Gasteiger partial charge in [0.05, 0.1) is 6.20 Å². The summed E-state index contributed by atoms with van der Waals surface area (Å²) in [5, 5.41) is 7.68. The van der Waals surface area contributed by atoms with E-state index in [9.17, 15) is 4.79 Å². The molecule has 0 saturated heterocycles. The highest BCUT2D eigenvalue weighted by Crippen LogP contribution is 2.07. The molecular weight excluding hydrogens is 190 g/mol. The molecule has 1 aromatic rings. The minimum absolute atomic E-state index is 0.168. The second-order valence-electron chi connectivity index (χ2n) is 3.72. The highest BCUT2D eigenvalue weighted by molar-refractivity contribution is 5.94. The van der Waals surface area contributed by atoms with Gasteiger partial charge in [0.15, 0.2) is 5.78 Å². The summed E-state index contributed by atoms with van der Waals surface area (Å²) in [6.45, 7) is 4.97. The van der Waals surface area contributed by atoms with Gasteiger partial charge in [0.2, 0.25) is 0 Å². The Morgan fingerprint density at radius 2 is 2.13 bits per heavy atom. The number of carbonyl (C=O) groups is 1. The predicted octanol–water partition coefficient (Wildman–Crippen LogP) is 2.45. The van der Waals surface area contributed by atoms with Crippen LogP contribution in [-0.4, -0.2) is 20.8 Å². The topological polar surface area (TPSA) is 47.8 Å². The van der Waals surface area contributed by atoms with Gasteiger partial charge in [-0.05, 0) is 12.8 Å². The fourth-order valence-electron chi connectivity index (χ4n) is 1.51. The number of hydrogen-bond acceptors (Lipinski definition) is 3. The molecule has 4 heteroatoms. The summed E-state index contributed by atoms with van der Waals surface area (Å²) in [5.41, 5.74) is 0.660. The SMILES string of the molecule is CCCCCC(=O)c1cnnn1CCC. The molecule has 0 radical (unpaired) electrons. The first-order valence-corrected chi connectivity index (χ1v) is 5.71. The minimum atomic E-state index is 0.168. The third-order valence-corrected chi connectivity index (χ3v) is 2.35. The van der Waals surface area contributed by atoms with Gasteiger partial charge in [-0.15, -0.1) is 5.10 Å². The molecule has 1 rings (SSSR count). The number of nitrogens with zero attached hydrogens (tertiary/aromatic N) is 3. The van der Waals surface area contributed by atoms with E-state index in [-0.39, 0.29) is 5.78 Å². The molecule has 0 spiro atoms. The number of hydrogen-bond donors (Lipinski definition) is 0. The van der Waals surface area contributed by atoms with E-state index in [1.54, 1.807) is 10.9 Å². The standard InChI is InChI=1S/C11H19N3O/c1-3-5-6-7-11(15)10-9-12-13-14(10)8-4-2/h9H,3-8H2,1-2H3. The molecule has 0 amide bonds. The van der Waals surface area contributed by atoms with E-state index >= 15 is 0 Å². The summed E-state index contributed by atoms with van der Waals surface area (Å²) in [7, 11) is 0. The number of aromatic nitrogens is 3. The monoisotopic (exact) mass is 209 g/mol. The second-order valence-corrected chi connectivity index (χ2v) is 3.72. The molecule has 1 heterocycles. The van der Waals surface area contributed by atoms with E-state index in [0.717, 1.165) is 32.2 Å². The molecule has 1 aromatic heterocycles. The van der Waals surface area contributed by atoms with E-state index in [4.69, 9.17) is 0 Å². The molecule has 0 fully saturated rings. The van der Waals surface area contributed by atoms with Crippen LogP contribution < -0.4 is 0 Å². The number of aryl methyl sites for hydroxylation is 1. The Kier molecular flexibility index (Phi) is 5.01. The zero-order valence-corrected chi connectivity index (χ0v) is 9.57. The van der Waals surface area contributed by atoms with Crippen LogP contribution in [-0.2, 0) is 6.54 Å². The van der Waals surface area contributed by atoms with Gasteiger partial charge in [-0.2, -0.15) is 0 Å². The maximum Gasteiger partial charge on any atom is 0.182 e. The second kappa shape index (κ2) is 6.32. The van der Waals surface area contributed by atoms with Crippen molar-refractivity contribution >= 4 is 5.78 Å². The molecule has 0 aliphatic heterocycles. The van der Waals surface area contributed by atoms with E-state index in [1.165, 1.54) is 0 Å². The van der Waals surface area contributed by atoms with E-state index < -0.39 is 0 Å². The molecule has 4 nitrogen and oxygen atoms in total. The van der Waals surface area contributed by atoms with Crippen molar-refractivity contribution in [2.24, 2.45) is 0 Å². The van der Waals surface area contributed by atoms with Crippen LogP contribution in [0, 0.1) is 0 Å². The molecule has 0 N–H and O–H groups in total. The summed E-state index contributed by atoms with van der Waals surface area (Å²) in [4.78, 5) is 11.8. The van der Waals surface area contributed by atoms with Gasteiger partial charge in [-0.25, -0.2) is 4.68 Å². The van der Waals surface area contributed by atoms with Crippen molar-refractivity contribution in [1.82, 2.24) is 15.0 Å². The van der Waals surface area contributed by atoms with Crippen molar-refractivity contribution in [2.45, 2.75) is 52.5 Å². The van der Waals surface area contributed by atoms with Crippen LogP contribution >= 0.6 is 0 Å². The number of rotatable bonds is 7. The van der Waals surface area contributed by atoms with Gasteiger partial charge in [0.1, 0.15) is 5.69 Å². The van der Waals surface area contributed by atoms with E-state index in [2.05, 4.69) is 24.2 Å². The first-order valence-electron chi connectivity index (χ1n) is 5.71. The molecule has 0 bridgehead atoms. The maximum atomic E-state index is 11.8. The first-order chi connectivity index (χ1) is 7.29. The molecule has 0 aliphatic carbocycles. The lowest BCUT2D eigenvalue weighted by Crippen LogP contribution is -2.10. The Hall–Kier alpha value is -1.19. The largest absolute Gasteiger partial charge is 0.292 e. The molecule has 0 atom stereocenters. The fraction of sp³-hybridized carbons (Fsp3) is 0.727. The Morgan fingerprint density at radius 3 is 2.80 bits per heavy atom. The summed E-state index contributed by atoms with van der Waals surface area (Å²) in [5.74, 6) is 0.168. The Bertz CT molecular complexity index is 307. The molecular formula is C11H19N3O. The molecule has 0 saturated carbocycles. The third-order valence-electron chi connectivity index (χ3n) is 2.35. The lowest BCUT2D eigenvalue weighted by atomic mass is 10.1. The van der Waals surface area contributed by atoms with Gasteiger partial charge in [-0.1, -0.05) is 31.9 Å². The Labute approximate surface area is 90.7 Å². The third kappa shape index (κ3) is 3.46. The molecule has 15 heavy (non-hydrogen) atoms. The van der Waals surface area contributed by atoms with Gasteiger partial charge in [0.25, 0.3) is 0 Å². The van der Waals surface area contributed by atoms with Gasteiger partial charge < -0.3 is 0 Å².